The molecule has 1 aromatic heterocycles. The van der Waals surface area contributed by atoms with E-state index in [0.29, 0.717) is 18.0 Å². The van der Waals surface area contributed by atoms with Gasteiger partial charge in [0, 0.05) is 11.4 Å². The molecule has 0 bridgehead atoms. The molecule has 0 N–H and O–H groups in total. The lowest BCUT2D eigenvalue weighted by molar-refractivity contribution is 0.0606. The van der Waals surface area contributed by atoms with Crippen LogP contribution in [0.2, 0.25) is 0 Å². The summed E-state index contributed by atoms with van der Waals surface area (Å²) in [5.41, 5.74) is 1.01. The fourth-order valence-electron chi connectivity index (χ4n) is 1.82. The predicted octanol–water partition coefficient (Wildman–Crippen LogP) is 1.66. The van der Waals surface area contributed by atoms with Crippen molar-refractivity contribution in [2.75, 3.05) is 20.8 Å². The van der Waals surface area contributed by atoms with E-state index in [0.717, 1.165) is 16.9 Å². The fourth-order valence-corrected chi connectivity index (χ4v) is 2.90. The molecular formula is C11H13NO4S. The minimum absolute atomic E-state index is 0.325. The van der Waals surface area contributed by atoms with Gasteiger partial charge in [0.25, 0.3) is 0 Å². The minimum atomic E-state index is -0.332. The molecule has 6 heteroatoms. The summed E-state index contributed by atoms with van der Waals surface area (Å²) in [4.78, 5) is 26.1. The summed E-state index contributed by atoms with van der Waals surface area (Å²) in [6.07, 6.45) is 0.424. The van der Waals surface area contributed by atoms with Crippen LogP contribution >= 0.6 is 11.3 Å². The Hall–Kier alpha value is -1.56. The molecule has 5 nitrogen and oxygen atoms in total. The average Bonchev–Trinajstić information content (AvgIpc) is 2.79. The van der Waals surface area contributed by atoms with E-state index in [1.807, 2.05) is 0 Å². The summed E-state index contributed by atoms with van der Waals surface area (Å²) < 4.78 is 9.35. The number of carbonyl (C=O) groups is 2. The van der Waals surface area contributed by atoms with E-state index in [1.165, 1.54) is 25.6 Å². The molecule has 0 atom stereocenters. The van der Waals surface area contributed by atoms with Crippen LogP contribution in [0.3, 0.4) is 0 Å². The van der Waals surface area contributed by atoms with Crippen LogP contribution in [-0.2, 0) is 22.4 Å². The lowest BCUT2D eigenvalue weighted by Crippen LogP contribution is -2.35. The van der Waals surface area contributed by atoms with Gasteiger partial charge in [-0.25, -0.2) is 9.59 Å². The number of hydrogen-bond acceptors (Lipinski definition) is 5. The highest BCUT2D eigenvalue weighted by Crippen LogP contribution is 2.28. The maximum atomic E-state index is 11.4. The van der Waals surface area contributed by atoms with Crippen molar-refractivity contribution in [3.63, 3.8) is 0 Å². The molecule has 0 aliphatic carbocycles. The van der Waals surface area contributed by atoms with Crippen LogP contribution in [0.4, 0.5) is 4.79 Å². The van der Waals surface area contributed by atoms with Gasteiger partial charge in [0.2, 0.25) is 0 Å². The quantitative estimate of drug-likeness (QED) is 0.716. The molecule has 2 heterocycles. The van der Waals surface area contributed by atoms with Crippen molar-refractivity contribution < 1.29 is 19.1 Å². The van der Waals surface area contributed by atoms with Crippen molar-refractivity contribution in [2.24, 2.45) is 0 Å². The molecule has 1 amide bonds. The van der Waals surface area contributed by atoms with E-state index in [4.69, 9.17) is 0 Å². The average molecular weight is 255 g/mol. The Kier molecular flexibility index (Phi) is 3.33. The summed E-state index contributed by atoms with van der Waals surface area (Å²) in [5, 5.41) is 0. The summed E-state index contributed by atoms with van der Waals surface area (Å²) >= 11 is 1.44. The first-order valence-electron chi connectivity index (χ1n) is 5.18. The van der Waals surface area contributed by atoms with Crippen molar-refractivity contribution in [1.29, 1.82) is 0 Å². The highest BCUT2D eigenvalue weighted by atomic mass is 32.1. The van der Waals surface area contributed by atoms with E-state index >= 15 is 0 Å². The number of fused-ring (bicyclic) bond motifs is 1. The van der Waals surface area contributed by atoms with Crippen molar-refractivity contribution in [2.45, 2.75) is 13.0 Å². The van der Waals surface area contributed by atoms with Crippen molar-refractivity contribution in [1.82, 2.24) is 4.90 Å². The summed E-state index contributed by atoms with van der Waals surface area (Å²) in [5.74, 6) is -0.325. The van der Waals surface area contributed by atoms with Gasteiger partial charge in [-0.15, -0.1) is 11.3 Å². The van der Waals surface area contributed by atoms with Crippen molar-refractivity contribution >= 4 is 23.4 Å². The van der Waals surface area contributed by atoms with Crippen molar-refractivity contribution in [3.8, 4) is 0 Å². The first-order chi connectivity index (χ1) is 8.15. The maximum Gasteiger partial charge on any atom is 0.409 e. The molecule has 0 radical (unpaired) electrons. The van der Waals surface area contributed by atoms with E-state index in [2.05, 4.69) is 9.47 Å². The Morgan fingerprint density at radius 2 is 2.12 bits per heavy atom. The highest BCUT2D eigenvalue weighted by molar-refractivity contribution is 7.14. The van der Waals surface area contributed by atoms with Gasteiger partial charge in [-0.05, 0) is 18.1 Å². The number of ether oxygens (including phenoxy) is 2. The maximum absolute atomic E-state index is 11.4. The molecular weight excluding hydrogens is 242 g/mol. The van der Waals surface area contributed by atoms with E-state index < -0.39 is 0 Å². The zero-order valence-electron chi connectivity index (χ0n) is 9.69. The SMILES string of the molecule is COC(=O)c1cc2c(s1)CCN(C(=O)OC)C2. The Morgan fingerprint density at radius 1 is 1.35 bits per heavy atom. The second-order valence-electron chi connectivity index (χ2n) is 3.69. The third-order valence-electron chi connectivity index (χ3n) is 2.69. The molecule has 0 spiro atoms. The fraction of sp³-hybridized carbons (Fsp3) is 0.455. The second-order valence-corrected chi connectivity index (χ2v) is 4.83. The van der Waals surface area contributed by atoms with Gasteiger partial charge in [-0.3, -0.25) is 0 Å². The van der Waals surface area contributed by atoms with Crippen LogP contribution in [-0.4, -0.2) is 37.7 Å². The Morgan fingerprint density at radius 3 is 2.76 bits per heavy atom. The van der Waals surface area contributed by atoms with Gasteiger partial charge in [0.15, 0.2) is 0 Å². The lowest BCUT2D eigenvalue weighted by atomic mass is 10.1. The molecule has 0 saturated heterocycles. The van der Waals surface area contributed by atoms with E-state index in [-0.39, 0.29) is 12.1 Å². The van der Waals surface area contributed by atoms with Gasteiger partial charge in [-0.1, -0.05) is 0 Å². The van der Waals surface area contributed by atoms with Gasteiger partial charge in [0.1, 0.15) is 4.88 Å². The molecule has 2 rings (SSSR count). The molecule has 92 valence electrons. The summed E-state index contributed by atoms with van der Waals surface area (Å²) in [6, 6.07) is 1.79. The molecule has 0 fully saturated rings. The molecule has 0 unspecified atom stereocenters. The molecule has 1 aliphatic heterocycles. The van der Waals surface area contributed by atoms with Crippen molar-refractivity contribution in [3.05, 3.63) is 21.4 Å². The predicted molar refractivity (Wildman–Crippen MR) is 62.2 cm³/mol. The van der Waals surface area contributed by atoms with Crippen LogP contribution in [0.25, 0.3) is 0 Å². The van der Waals surface area contributed by atoms with Crippen LogP contribution in [0.5, 0.6) is 0 Å². The van der Waals surface area contributed by atoms with E-state index in [9.17, 15) is 9.59 Å². The molecule has 0 aromatic carbocycles. The number of carbonyl (C=O) groups excluding carboxylic acids is 2. The zero-order chi connectivity index (χ0) is 12.4. The third-order valence-corrected chi connectivity index (χ3v) is 3.90. The van der Waals surface area contributed by atoms with Crippen LogP contribution < -0.4 is 0 Å². The Labute approximate surface area is 103 Å². The number of nitrogens with zero attached hydrogens (tertiary/aromatic N) is 1. The molecule has 1 aliphatic rings. The molecule has 17 heavy (non-hydrogen) atoms. The van der Waals surface area contributed by atoms with Crippen LogP contribution in [0.1, 0.15) is 20.1 Å². The number of methoxy groups -OCH3 is 2. The van der Waals surface area contributed by atoms with Gasteiger partial charge >= 0.3 is 12.1 Å². The van der Waals surface area contributed by atoms with Gasteiger partial charge in [0.05, 0.1) is 20.8 Å². The largest absolute Gasteiger partial charge is 0.465 e. The first kappa shape index (κ1) is 11.9. The first-order valence-corrected chi connectivity index (χ1v) is 6.00. The normalized spacial score (nSPS) is 14.1. The highest BCUT2D eigenvalue weighted by Gasteiger charge is 2.24. The van der Waals surface area contributed by atoms with E-state index in [1.54, 1.807) is 11.0 Å². The Balaban J connectivity index is 2.18. The van der Waals surface area contributed by atoms with Crippen LogP contribution in [0, 0.1) is 0 Å². The topological polar surface area (TPSA) is 55.8 Å². The number of amides is 1. The number of hydrogen-bond donors (Lipinski definition) is 0. The number of esters is 1. The number of rotatable bonds is 1. The molecule has 1 aromatic rings. The third kappa shape index (κ3) is 2.26. The smallest absolute Gasteiger partial charge is 0.409 e. The Bertz CT molecular complexity index is 454. The monoisotopic (exact) mass is 255 g/mol. The zero-order valence-corrected chi connectivity index (χ0v) is 10.5. The van der Waals surface area contributed by atoms with Gasteiger partial charge in [-0.2, -0.15) is 0 Å². The van der Waals surface area contributed by atoms with Crippen LogP contribution in [0.15, 0.2) is 6.07 Å². The summed E-state index contributed by atoms with van der Waals surface area (Å²) in [6.45, 7) is 1.12. The minimum Gasteiger partial charge on any atom is -0.465 e. The standard InChI is InChI=1S/C11H13NO4S/c1-15-10(13)9-5-7-6-12(11(14)16-2)4-3-8(7)17-9/h5H,3-4,6H2,1-2H3. The number of thiophene rings is 1. The second kappa shape index (κ2) is 4.75. The van der Waals surface area contributed by atoms with Gasteiger partial charge < -0.3 is 14.4 Å². The summed E-state index contributed by atoms with van der Waals surface area (Å²) in [7, 11) is 2.73. The lowest BCUT2D eigenvalue weighted by Gasteiger charge is -2.25. The molecule has 0 saturated carbocycles.